The Morgan fingerprint density at radius 1 is 1.15 bits per heavy atom. The van der Waals surface area contributed by atoms with Crippen molar-refractivity contribution < 1.29 is 9.59 Å². The van der Waals surface area contributed by atoms with E-state index in [1.54, 1.807) is 17.0 Å². The van der Waals surface area contributed by atoms with E-state index in [1.807, 2.05) is 26.2 Å². The van der Waals surface area contributed by atoms with Crippen LogP contribution < -0.4 is 15.1 Å². The molecule has 0 unspecified atom stereocenters. The van der Waals surface area contributed by atoms with Gasteiger partial charge < -0.3 is 15.1 Å². The molecule has 2 amide bonds. The quantitative estimate of drug-likeness (QED) is 0.767. The van der Waals surface area contributed by atoms with Gasteiger partial charge in [0.15, 0.2) is 0 Å². The minimum atomic E-state index is -0.0912. The fourth-order valence-electron chi connectivity index (χ4n) is 3.29. The fourth-order valence-corrected chi connectivity index (χ4v) is 3.29. The van der Waals surface area contributed by atoms with Crippen LogP contribution in [0.2, 0.25) is 0 Å². The van der Waals surface area contributed by atoms with Gasteiger partial charge in [-0.3, -0.25) is 9.59 Å². The molecule has 5 nitrogen and oxygen atoms in total. The summed E-state index contributed by atoms with van der Waals surface area (Å²) >= 11 is 0. The summed E-state index contributed by atoms with van der Waals surface area (Å²) in [4.78, 5) is 28.1. The molecule has 2 aromatic carbocycles. The Kier molecular flexibility index (Phi) is 6.12. The maximum absolute atomic E-state index is 12.4. The van der Waals surface area contributed by atoms with Gasteiger partial charge in [-0.1, -0.05) is 18.2 Å². The summed E-state index contributed by atoms with van der Waals surface area (Å²) < 4.78 is 0. The molecule has 1 N–H and O–H groups in total. The van der Waals surface area contributed by atoms with E-state index in [0.717, 1.165) is 31.5 Å². The lowest BCUT2D eigenvalue weighted by Gasteiger charge is -2.16. The van der Waals surface area contributed by atoms with E-state index in [1.165, 1.54) is 11.3 Å². The Morgan fingerprint density at radius 2 is 1.93 bits per heavy atom. The molecule has 0 bridgehead atoms. The lowest BCUT2D eigenvalue weighted by molar-refractivity contribution is -0.117. The molecule has 5 heteroatoms. The largest absolute Gasteiger partial charge is 0.378 e. The maximum Gasteiger partial charge on any atom is 0.251 e. The Labute approximate surface area is 161 Å². The molecule has 2 aromatic rings. The molecule has 27 heavy (non-hydrogen) atoms. The summed E-state index contributed by atoms with van der Waals surface area (Å²) in [6.07, 6.45) is 3.28. The van der Waals surface area contributed by atoms with Gasteiger partial charge in [-0.2, -0.15) is 0 Å². The van der Waals surface area contributed by atoms with Crippen LogP contribution in [0.3, 0.4) is 0 Å². The topological polar surface area (TPSA) is 52.7 Å². The third-order valence-corrected chi connectivity index (χ3v) is 4.87. The number of rotatable bonds is 7. The highest BCUT2D eigenvalue weighted by molar-refractivity contribution is 5.99. The molecule has 0 aromatic heterocycles. The second-order valence-electron chi connectivity index (χ2n) is 7.12. The monoisotopic (exact) mass is 365 g/mol. The second-order valence-corrected chi connectivity index (χ2v) is 7.12. The first-order chi connectivity index (χ1) is 13.0. The van der Waals surface area contributed by atoms with E-state index < -0.39 is 0 Å². The third kappa shape index (κ3) is 4.88. The van der Waals surface area contributed by atoms with Crippen LogP contribution in [0.4, 0.5) is 11.4 Å². The van der Waals surface area contributed by atoms with Crippen molar-refractivity contribution in [2.75, 3.05) is 37.0 Å². The molecule has 3 rings (SSSR count). The minimum absolute atomic E-state index is 0.0912. The Balaban J connectivity index is 1.48. The number of nitrogens with one attached hydrogen (secondary N) is 1. The summed E-state index contributed by atoms with van der Waals surface area (Å²) in [5.41, 5.74) is 3.86. The van der Waals surface area contributed by atoms with E-state index in [9.17, 15) is 9.59 Å². The number of nitrogens with zero attached hydrogens (tertiary/aromatic N) is 2. The highest BCUT2D eigenvalue weighted by Crippen LogP contribution is 2.22. The average Bonchev–Trinajstić information content (AvgIpc) is 3.11. The summed E-state index contributed by atoms with van der Waals surface area (Å²) in [5.74, 6) is 0.0410. The second kappa shape index (κ2) is 8.71. The molecule has 1 aliphatic rings. The van der Waals surface area contributed by atoms with E-state index >= 15 is 0 Å². The van der Waals surface area contributed by atoms with E-state index in [-0.39, 0.29) is 11.8 Å². The van der Waals surface area contributed by atoms with Crippen molar-refractivity contribution in [1.29, 1.82) is 0 Å². The van der Waals surface area contributed by atoms with Crippen molar-refractivity contribution in [2.45, 2.75) is 25.7 Å². The predicted octanol–water partition coefficient (Wildman–Crippen LogP) is 3.24. The van der Waals surface area contributed by atoms with Gasteiger partial charge in [0, 0.05) is 50.5 Å². The van der Waals surface area contributed by atoms with Crippen molar-refractivity contribution in [3.05, 3.63) is 59.7 Å². The average molecular weight is 365 g/mol. The Morgan fingerprint density at radius 3 is 2.59 bits per heavy atom. The van der Waals surface area contributed by atoms with Crippen LogP contribution in [-0.4, -0.2) is 39.0 Å². The highest BCUT2D eigenvalue weighted by Gasteiger charge is 2.22. The van der Waals surface area contributed by atoms with Gasteiger partial charge in [0.2, 0.25) is 5.91 Å². The summed E-state index contributed by atoms with van der Waals surface area (Å²) in [5, 5.41) is 2.98. The van der Waals surface area contributed by atoms with Crippen molar-refractivity contribution >= 4 is 23.2 Å². The molecule has 142 valence electrons. The smallest absolute Gasteiger partial charge is 0.251 e. The fraction of sp³-hybridized carbons (Fsp3) is 0.364. The summed E-state index contributed by atoms with van der Waals surface area (Å²) in [7, 11) is 4.05. The lowest BCUT2D eigenvalue weighted by atomic mass is 10.1. The van der Waals surface area contributed by atoms with Gasteiger partial charge in [0.05, 0.1) is 0 Å². The SMILES string of the molecule is CN(C)c1ccc(CCCNC(=O)c2cccc(N3CCCC3=O)c2)cc1. The highest BCUT2D eigenvalue weighted by atomic mass is 16.2. The molecule has 0 spiro atoms. The van der Waals surface area contributed by atoms with Crippen LogP contribution in [-0.2, 0) is 11.2 Å². The number of hydrogen-bond donors (Lipinski definition) is 1. The van der Waals surface area contributed by atoms with Gasteiger partial charge in [0.25, 0.3) is 5.91 Å². The van der Waals surface area contributed by atoms with Gasteiger partial charge >= 0.3 is 0 Å². The number of aryl methyl sites for hydroxylation is 1. The van der Waals surface area contributed by atoms with E-state index in [0.29, 0.717) is 18.5 Å². The molecule has 1 aliphatic heterocycles. The van der Waals surface area contributed by atoms with Crippen LogP contribution >= 0.6 is 0 Å². The Bertz CT molecular complexity index is 799. The zero-order valence-electron chi connectivity index (χ0n) is 16.1. The first-order valence-electron chi connectivity index (χ1n) is 9.49. The van der Waals surface area contributed by atoms with Crippen LogP contribution in [0.1, 0.15) is 35.2 Å². The molecule has 1 saturated heterocycles. The first kappa shape index (κ1) is 19.0. The number of benzene rings is 2. The summed E-state index contributed by atoms with van der Waals surface area (Å²) in [6, 6.07) is 15.8. The Hall–Kier alpha value is -2.82. The standard InChI is InChI=1S/C22H27N3O2/c1-24(2)19-12-10-17(11-13-19)6-4-14-23-22(27)18-7-3-8-20(16-18)25-15-5-9-21(25)26/h3,7-8,10-13,16H,4-6,9,14-15H2,1-2H3,(H,23,27). The van der Waals surface area contributed by atoms with E-state index in [2.05, 4.69) is 34.5 Å². The molecule has 0 radical (unpaired) electrons. The van der Waals surface area contributed by atoms with Crippen LogP contribution in [0.5, 0.6) is 0 Å². The predicted molar refractivity (Wildman–Crippen MR) is 109 cm³/mol. The normalized spacial score (nSPS) is 13.7. The molecular weight excluding hydrogens is 338 g/mol. The minimum Gasteiger partial charge on any atom is -0.378 e. The summed E-state index contributed by atoms with van der Waals surface area (Å²) in [6.45, 7) is 1.36. The molecule has 1 fully saturated rings. The third-order valence-electron chi connectivity index (χ3n) is 4.87. The molecule has 0 atom stereocenters. The van der Waals surface area contributed by atoms with E-state index in [4.69, 9.17) is 0 Å². The molecular formula is C22H27N3O2. The van der Waals surface area contributed by atoms with Gasteiger partial charge in [-0.15, -0.1) is 0 Å². The van der Waals surface area contributed by atoms with Crippen molar-refractivity contribution in [3.8, 4) is 0 Å². The van der Waals surface area contributed by atoms with Crippen LogP contribution in [0, 0.1) is 0 Å². The van der Waals surface area contributed by atoms with Crippen molar-refractivity contribution in [3.63, 3.8) is 0 Å². The number of hydrogen-bond acceptors (Lipinski definition) is 3. The zero-order chi connectivity index (χ0) is 19.2. The van der Waals surface area contributed by atoms with Crippen molar-refractivity contribution in [2.24, 2.45) is 0 Å². The van der Waals surface area contributed by atoms with Gasteiger partial charge in [0.1, 0.15) is 0 Å². The molecule has 0 aliphatic carbocycles. The van der Waals surface area contributed by atoms with Crippen molar-refractivity contribution in [1.82, 2.24) is 5.32 Å². The van der Waals surface area contributed by atoms with Gasteiger partial charge in [-0.25, -0.2) is 0 Å². The number of carbonyl (C=O) groups excluding carboxylic acids is 2. The lowest BCUT2D eigenvalue weighted by Crippen LogP contribution is -2.26. The zero-order valence-corrected chi connectivity index (χ0v) is 16.1. The maximum atomic E-state index is 12.4. The number of amides is 2. The molecule has 1 heterocycles. The molecule has 0 saturated carbocycles. The van der Waals surface area contributed by atoms with Crippen LogP contribution in [0.25, 0.3) is 0 Å². The first-order valence-corrected chi connectivity index (χ1v) is 9.49. The number of anilines is 2. The van der Waals surface area contributed by atoms with Gasteiger partial charge in [-0.05, 0) is 55.2 Å². The number of carbonyl (C=O) groups is 2. The van der Waals surface area contributed by atoms with Crippen LogP contribution in [0.15, 0.2) is 48.5 Å².